The lowest BCUT2D eigenvalue weighted by Gasteiger charge is -2.25. The maximum absolute atomic E-state index is 11.0. The van der Waals surface area contributed by atoms with Crippen LogP contribution in [-0.2, 0) is 4.79 Å². The molecule has 0 aliphatic carbocycles. The van der Waals surface area contributed by atoms with E-state index in [9.17, 15) is 4.79 Å². The van der Waals surface area contributed by atoms with Crippen molar-refractivity contribution in [2.24, 2.45) is 11.3 Å². The minimum absolute atomic E-state index is 0.00437. The quantitative estimate of drug-likeness (QED) is 0.399. The molecule has 0 saturated carbocycles. The molecule has 0 fully saturated rings. The number of hydrogen-bond donors (Lipinski definition) is 0. The molecule has 0 aromatic heterocycles. The van der Waals surface area contributed by atoms with E-state index in [0.717, 1.165) is 12.7 Å². The molecular formula is C21H32O. The molecule has 0 spiro atoms. The van der Waals surface area contributed by atoms with Gasteiger partial charge in [-0.3, -0.25) is 0 Å². The number of carbonyl (C=O) groups is 1. The topological polar surface area (TPSA) is 17.1 Å². The van der Waals surface area contributed by atoms with Crippen molar-refractivity contribution in [3.8, 4) is 0 Å². The van der Waals surface area contributed by atoms with Gasteiger partial charge in [-0.25, -0.2) is 0 Å². The molecule has 1 nitrogen and oxygen atoms in total. The molecule has 0 aliphatic heterocycles. The predicted molar refractivity (Wildman–Crippen MR) is 96.2 cm³/mol. The fourth-order valence-electron chi connectivity index (χ4n) is 2.87. The molecule has 0 saturated heterocycles. The minimum atomic E-state index is -0.00437. The van der Waals surface area contributed by atoms with Gasteiger partial charge in [-0.1, -0.05) is 82.5 Å². The number of aryl methyl sites for hydroxylation is 1. The first-order valence-electron chi connectivity index (χ1n) is 8.61. The summed E-state index contributed by atoms with van der Waals surface area (Å²) in [5, 5.41) is 0. The summed E-state index contributed by atoms with van der Waals surface area (Å²) in [6.45, 7) is 11.1. The van der Waals surface area contributed by atoms with Gasteiger partial charge in [0.2, 0.25) is 0 Å². The van der Waals surface area contributed by atoms with Crippen molar-refractivity contribution >= 4 is 6.29 Å². The van der Waals surface area contributed by atoms with E-state index in [2.05, 4.69) is 71.0 Å². The van der Waals surface area contributed by atoms with Crippen LogP contribution >= 0.6 is 0 Å². The highest BCUT2D eigenvalue weighted by Crippen LogP contribution is 2.33. The smallest absolute Gasteiger partial charge is 0.120 e. The van der Waals surface area contributed by atoms with Crippen molar-refractivity contribution in [2.45, 2.75) is 66.2 Å². The second-order valence-corrected chi connectivity index (χ2v) is 7.17. The van der Waals surface area contributed by atoms with Crippen molar-refractivity contribution in [3.63, 3.8) is 0 Å². The van der Waals surface area contributed by atoms with E-state index < -0.39 is 0 Å². The largest absolute Gasteiger partial charge is 0.303 e. The lowest BCUT2D eigenvalue weighted by Crippen LogP contribution is -2.15. The fourth-order valence-corrected chi connectivity index (χ4v) is 2.87. The Balaban J connectivity index is 2.96. The van der Waals surface area contributed by atoms with Crippen molar-refractivity contribution in [2.75, 3.05) is 0 Å². The average molecular weight is 300 g/mol. The third-order valence-electron chi connectivity index (χ3n) is 4.54. The highest BCUT2D eigenvalue weighted by molar-refractivity contribution is 5.51. The Kier molecular flexibility index (Phi) is 7.58. The van der Waals surface area contributed by atoms with E-state index in [1.807, 2.05) is 0 Å². The molecular weight excluding hydrogens is 268 g/mol. The number of carbonyl (C=O) groups excluding carboxylic acids is 1. The summed E-state index contributed by atoms with van der Waals surface area (Å²) >= 11 is 0. The number of aldehydes is 1. The summed E-state index contributed by atoms with van der Waals surface area (Å²) in [7, 11) is 0. The Morgan fingerprint density at radius 2 is 1.82 bits per heavy atom. The van der Waals surface area contributed by atoms with Gasteiger partial charge in [0.05, 0.1) is 0 Å². The summed E-state index contributed by atoms with van der Waals surface area (Å²) in [6, 6.07) is 8.82. The van der Waals surface area contributed by atoms with Gasteiger partial charge in [0.15, 0.2) is 0 Å². The molecule has 0 amide bonds. The molecule has 22 heavy (non-hydrogen) atoms. The lowest BCUT2D eigenvalue weighted by atomic mass is 9.79. The molecule has 1 aromatic rings. The standard InChI is InChI=1S/C21H32O/c1-6-7-13-21(5,15-16-22)14-12-20(17(2)3)19-10-8-18(4)9-11-19/h8-12,14,16-17,20H,6-7,13,15H2,1-5H3/b14-12+/t20-,21+/m1/s1. The Morgan fingerprint density at radius 1 is 1.18 bits per heavy atom. The molecule has 0 bridgehead atoms. The third-order valence-corrected chi connectivity index (χ3v) is 4.54. The molecule has 0 aliphatic rings. The van der Waals surface area contributed by atoms with Crippen LogP contribution in [0.5, 0.6) is 0 Å². The summed E-state index contributed by atoms with van der Waals surface area (Å²) in [6.07, 6.45) is 9.73. The Bertz CT molecular complexity index is 469. The van der Waals surface area contributed by atoms with Crippen LogP contribution in [0.1, 0.15) is 70.4 Å². The molecule has 0 unspecified atom stereocenters. The number of rotatable bonds is 9. The van der Waals surface area contributed by atoms with Crippen LogP contribution < -0.4 is 0 Å². The van der Waals surface area contributed by atoms with Gasteiger partial charge >= 0.3 is 0 Å². The number of benzene rings is 1. The van der Waals surface area contributed by atoms with Crippen molar-refractivity contribution < 1.29 is 4.79 Å². The zero-order valence-corrected chi connectivity index (χ0v) is 14.9. The van der Waals surface area contributed by atoms with Crippen LogP contribution in [0.4, 0.5) is 0 Å². The summed E-state index contributed by atoms with van der Waals surface area (Å²) in [5.74, 6) is 0.957. The minimum Gasteiger partial charge on any atom is -0.303 e. The maximum Gasteiger partial charge on any atom is 0.120 e. The van der Waals surface area contributed by atoms with Crippen molar-refractivity contribution in [1.29, 1.82) is 0 Å². The predicted octanol–water partition coefficient (Wildman–Crippen LogP) is 6.08. The first kappa shape index (κ1) is 18.7. The van der Waals surface area contributed by atoms with E-state index in [0.29, 0.717) is 18.3 Å². The van der Waals surface area contributed by atoms with Crippen LogP contribution in [-0.4, -0.2) is 6.29 Å². The van der Waals surface area contributed by atoms with Gasteiger partial charge in [0.25, 0.3) is 0 Å². The lowest BCUT2D eigenvalue weighted by molar-refractivity contribution is -0.109. The number of unbranched alkanes of at least 4 members (excludes halogenated alkanes) is 1. The number of allylic oxidation sites excluding steroid dienone is 2. The molecule has 0 heterocycles. The SMILES string of the molecule is CCCC[C@@](C)(/C=C/[C@@H](c1ccc(C)cc1)C(C)C)CC=O. The zero-order chi connectivity index (χ0) is 16.6. The molecule has 1 heteroatoms. The Hall–Kier alpha value is -1.37. The average Bonchev–Trinajstić information content (AvgIpc) is 2.47. The maximum atomic E-state index is 11.0. The molecule has 1 rings (SSSR count). The van der Waals surface area contributed by atoms with E-state index in [4.69, 9.17) is 0 Å². The highest BCUT2D eigenvalue weighted by Gasteiger charge is 2.21. The third kappa shape index (κ3) is 5.79. The van der Waals surface area contributed by atoms with E-state index in [1.54, 1.807) is 0 Å². The van der Waals surface area contributed by atoms with Crippen LogP contribution in [0.25, 0.3) is 0 Å². The highest BCUT2D eigenvalue weighted by atomic mass is 16.1. The van der Waals surface area contributed by atoms with Crippen LogP contribution in [0.15, 0.2) is 36.4 Å². The monoisotopic (exact) mass is 300 g/mol. The first-order valence-corrected chi connectivity index (χ1v) is 8.61. The van der Waals surface area contributed by atoms with Gasteiger partial charge in [-0.15, -0.1) is 0 Å². The molecule has 1 aromatic carbocycles. The second-order valence-electron chi connectivity index (χ2n) is 7.17. The molecule has 122 valence electrons. The molecule has 2 atom stereocenters. The second kappa shape index (κ2) is 8.92. The van der Waals surface area contributed by atoms with Crippen molar-refractivity contribution in [1.82, 2.24) is 0 Å². The van der Waals surface area contributed by atoms with Gasteiger partial charge in [0, 0.05) is 12.3 Å². The van der Waals surface area contributed by atoms with Gasteiger partial charge < -0.3 is 4.79 Å². The Morgan fingerprint density at radius 3 is 2.32 bits per heavy atom. The van der Waals surface area contributed by atoms with Crippen LogP contribution in [0, 0.1) is 18.3 Å². The zero-order valence-electron chi connectivity index (χ0n) is 14.9. The summed E-state index contributed by atoms with van der Waals surface area (Å²) in [5.41, 5.74) is 2.65. The Labute approximate surface area is 136 Å². The normalized spacial score (nSPS) is 15.9. The van der Waals surface area contributed by atoms with Gasteiger partial charge in [-0.05, 0) is 30.2 Å². The van der Waals surface area contributed by atoms with Gasteiger partial charge in [-0.2, -0.15) is 0 Å². The van der Waals surface area contributed by atoms with Crippen molar-refractivity contribution in [3.05, 3.63) is 47.5 Å². The van der Waals surface area contributed by atoms with Crippen LogP contribution in [0.3, 0.4) is 0 Å². The van der Waals surface area contributed by atoms with Gasteiger partial charge in [0.1, 0.15) is 6.29 Å². The summed E-state index contributed by atoms with van der Waals surface area (Å²) in [4.78, 5) is 11.0. The van der Waals surface area contributed by atoms with E-state index >= 15 is 0 Å². The van der Waals surface area contributed by atoms with Crippen LogP contribution in [0.2, 0.25) is 0 Å². The summed E-state index contributed by atoms with van der Waals surface area (Å²) < 4.78 is 0. The van der Waals surface area contributed by atoms with E-state index in [-0.39, 0.29) is 5.41 Å². The van der Waals surface area contributed by atoms with E-state index in [1.165, 1.54) is 24.0 Å². The fraction of sp³-hybridized carbons (Fsp3) is 0.571. The molecule has 0 N–H and O–H groups in total. The first-order chi connectivity index (χ1) is 10.4. The molecule has 0 radical (unpaired) electrons. The number of hydrogen-bond acceptors (Lipinski definition) is 1.